The lowest BCUT2D eigenvalue weighted by Crippen LogP contribution is -2.33. The van der Waals surface area contributed by atoms with Gasteiger partial charge in [0, 0.05) is 17.5 Å². The summed E-state index contributed by atoms with van der Waals surface area (Å²) >= 11 is 1.71. The Bertz CT molecular complexity index is 498. The summed E-state index contributed by atoms with van der Waals surface area (Å²) in [6.07, 6.45) is 4.04. The van der Waals surface area contributed by atoms with Gasteiger partial charge >= 0.3 is 5.97 Å². The molecule has 0 bridgehead atoms. The van der Waals surface area contributed by atoms with Crippen molar-refractivity contribution >= 4 is 22.4 Å². The summed E-state index contributed by atoms with van der Waals surface area (Å²) < 4.78 is 0. The maximum atomic E-state index is 11.2. The molecule has 0 amide bonds. The van der Waals surface area contributed by atoms with Crippen LogP contribution in [0, 0.1) is 5.92 Å². The fourth-order valence-electron chi connectivity index (χ4n) is 3.30. The molecule has 0 aromatic carbocycles. The van der Waals surface area contributed by atoms with Crippen molar-refractivity contribution in [3.05, 3.63) is 10.6 Å². The van der Waals surface area contributed by atoms with Crippen LogP contribution >= 0.6 is 11.3 Å². The van der Waals surface area contributed by atoms with E-state index in [0.29, 0.717) is 12.0 Å². The minimum atomic E-state index is -0.725. The number of rotatable bonds is 3. The largest absolute Gasteiger partial charge is 0.481 e. The molecule has 0 radical (unpaired) electrons. The number of anilines is 1. The lowest BCUT2D eigenvalue weighted by molar-refractivity contribution is -0.138. The second kappa shape index (κ2) is 4.78. The van der Waals surface area contributed by atoms with Crippen LogP contribution in [0.4, 0.5) is 5.13 Å². The van der Waals surface area contributed by atoms with Gasteiger partial charge in [-0.3, -0.25) is 4.79 Å². The second-order valence-corrected chi connectivity index (χ2v) is 6.94. The highest BCUT2D eigenvalue weighted by Gasteiger charge is 2.35. The number of carboxylic acids is 1. The van der Waals surface area contributed by atoms with E-state index in [-0.39, 0.29) is 5.92 Å². The topological polar surface area (TPSA) is 53.4 Å². The van der Waals surface area contributed by atoms with Gasteiger partial charge in [-0.2, -0.15) is 0 Å². The number of aliphatic carboxylic acids is 1. The van der Waals surface area contributed by atoms with E-state index in [1.165, 1.54) is 17.7 Å². The molecule has 104 valence electrons. The van der Waals surface area contributed by atoms with E-state index < -0.39 is 5.97 Å². The van der Waals surface area contributed by atoms with Crippen LogP contribution in [0.5, 0.6) is 0 Å². The van der Waals surface area contributed by atoms with E-state index in [0.717, 1.165) is 30.2 Å². The summed E-state index contributed by atoms with van der Waals surface area (Å²) in [4.78, 5) is 19.5. The van der Waals surface area contributed by atoms with Crippen molar-refractivity contribution in [2.75, 3.05) is 11.4 Å². The Morgan fingerprint density at radius 1 is 1.47 bits per heavy atom. The monoisotopic (exact) mass is 280 g/mol. The molecule has 1 aliphatic heterocycles. The number of nitrogens with zero attached hydrogens (tertiary/aromatic N) is 2. The zero-order chi connectivity index (χ0) is 13.6. The van der Waals surface area contributed by atoms with Crippen molar-refractivity contribution in [2.45, 2.75) is 51.5 Å². The van der Waals surface area contributed by atoms with E-state index in [1.807, 2.05) is 0 Å². The SMILES string of the molecule is CC(C)C1CCCN1c1nc2c(s1)CCC2C(=O)O. The number of hydrogen-bond donors (Lipinski definition) is 1. The van der Waals surface area contributed by atoms with Gasteiger partial charge in [0.05, 0.1) is 5.69 Å². The van der Waals surface area contributed by atoms with E-state index in [9.17, 15) is 9.90 Å². The van der Waals surface area contributed by atoms with Gasteiger partial charge in [0.25, 0.3) is 0 Å². The molecule has 2 atom stereocenters. The average molecular weight is 280 g/mol. The zero-order valence-corrected chi connectivity index (χ0v) is 12.2. The Morgan fingerprint density at radius 3 is 2.95 bits per heavy atom. The van der Waals surface area contributed by atoms with E-state index in [4.69, 9.17) is 0 Å². The Hall–Kier alpha value is -1.10. The van der Waals surface area contributed by atoms with Gasteiger partial charge in [-0.1, -0.05) is 13.8 Å². The minimum absolute atomic E-state index is 0.375. The molecule has 1 aliphatic carbocycles. The highest BCUT2D eigenvalue weighted by Crippen LogP contribution is 2.41. The van der Waals surface area contributed by atoms with Crippen molar-refractivity contribution in [1.82, 2.24) is 4.98 Å². The molecule has 2 aliphatic rings. The molecule has 1 aromatic heterocycles. The maximum absolute atomic E-state index is 11.2. The molecular formula is C14H20N2O2S. The third kappa shape index (κ3) is 2.14. The Morgan fingerprint density at radius 2 is 2.26 bits per heavy atom. The molecular weight excluding hydrogens is 260 g/mol. The fourth-order valence-corrected chi connectivity index (χ4v) is 4.52. The fraction of sp³-hybridized carbons (Fsp3) is 0.714. The summed E-state index contributed by atoms with van der Waals surface area (Å²) in [5.41, 5.74) is 0.835. The smallest absolute Gasteiger partial charge is 0.312 e. The normalized spacial score (nSPS) is 26.2. The third-order valence-corrected chi connectivity index (χ3v) is 5.49. The molecule has 2 heterocycles. The molecule has 1 saturated heterocycles. The van der Waals surface area contributed by atoms with E-state index in [1.54, 1.807) is 11.3 Å². The Kier molecular flexibility index (Phi) is 3.25. The first-order chi connectivity index (χ1) is 9.08. The molecule has 19 heavy (non-hydrogen) atoms. The molecule has 5 heteroatoms. The molecule has 1 N–H and O–H groups in total. The summed E-state index contributed by atoms with van der Waals surface area (Å²) in [6.45, 7) is 5.57. The second-order valence-electron chi connectivity index (χ2n) is 5.88. The number of hydrogen-bond acceptors (Lipinski definition) is 4. The van der Waals surface area contributed by atoms with Crippen LogP contribution in [0.3, 0.4) is 0 Å². The van der Waals surface area contributed by atoms with Crippen LogP contribution < -0.4 is 4.90 Å². The molecule has 2 unspecified atom stereocenters. The number of fused-ring (bicyclic) bond motifs is 1. The first-order valence-electron chi connectivity index (χ1n) is 7.07. The van der Waals surface area contributed by atoms with Gasteiger partial charge in [0.2, 0.25) is 0 Å². The Labute approximate surface area is 117 Å². The summed E-state index contributed by atoms with van der Waals surface area (Å²) in [5, 5.41) is 10.3. The Balaban J connectivity index is 1.88. The number of carbonyl (C=O) groups is 1. The molecule has 1 fully saturated rings. The highest BCUT2D eigenvalue weighted by atomic mass is 32.1. The third-order valence-electron chi connectivity index (χ3n) is 4.32. The van der Waals surface area contributed by atoms with Crippen LogP contribution in [-0.4, -0.2) is 28.6 Å². The van der Waals surface area contributed by atoms with E-state index >= 15 is 0 Å². The van der Waals surface area contributed by atoms with Crippen LogP contribution in [0.15, 0.2) is 0 Å². The standard InChI is InChI=1S/C14H20N2O2S/c1-8(2)10-4-3-7-16(10)14-15-12-9(13(17)18)5-6-11(12)19-14/h8-10H,3-7H2,1-2H3,(H,17,18). The summed E-state index contributed by atoms with van der Waals surface area (Å²) in [7, 11) is 0. The van der Waals surface area contributed by atoms with Crippen molar-refractivity contribution in [3.63, 3.8) is 0 Å². The molecule has 0 saturated carbocycles. The number of aryl methyl sites for hydroxylation is 1. The lowest BCUT2D eigenvalue weighted by atomic mass is 10.0. The molecule has 3 rings (SSSR count). The van der Waals surface area contributed by atoms with Gasteiger partial charge in [0.1, 0.15) is 5.92 Å². The maximum Gasteiger partial charge on any atom is 0.312 e. The average Bonchev–Trinajstić information content (AvgIpc) is 3.01. The first kappa shape index (κ1) is 12.9. The molecule has 4 nitrogen and oxygen atoms in total. The molecule has 1 aromatic rings. The van der Waals surface area contributed by atoms with Gasteiger partial charge in [-0.05, 0) is 31.6 Å². The van der Waals surface area contributed by atoms with Gasteiger partial charge < -0.3 is 10.0 Å². The highest BCUT2D eigenvalue weighted by molar-refractivity contribution is 7.15. The van der Waals surface area contributed by atoms with Gasteiger partial charge in [-0.15, -0.1) is 11.3 Å². The van der Waals surface area contributed by atoms with Gasteiger partial charge in [-0.25, -0.2) is 4.98 Å². The summed E-state index contributed by atoms with van der Waals surface area (Å²) in [5.74, 6) is -0.478. The van der Waals surface area contributed by atoms with Crippen LogP contribution in [0.2, 0.25) is 0 Å². The van der Waals surface area contributed by atoms with Crippen LogP contribution in [0.1, 0.15) is 49.6 Å². The van der Waals surface area contributed by atoms with Crippen LogP contribution in [-0.2, 0) is 11.2 Å². The quantitative estimate of drug-likeness (QED) is 0.925. The minimum Gasteiger partial charge on any atom is -0.481 e. The van der Waals surface area contributed by atoms with Crippen molar-refractivity contribution < 1.29 is 9.90 Å². The summed E-state index contributed by atoms with van der Waals surface area (Å²) in [6, 6.07) is 0.564. The van der Waals surface area contributed by atoms with Crippen molar-refractivity contribution in [3.8, 4) is 0 Å². The predicted molar refractivity (Wildman–Crippen MR) is 76.0 cm³/mol. The van der Waals surface area contributed by atoms with Crippen LogP contribution in [0.25, 0.3) is 0 Å². The van der Waals surface area contributed by atoms with Crippen molar-refractivity contribution in [2.24, 2.45) is 5.92 Å². The number of thiazole rings is 1. The first-order valence-corrected chi connectivity index (χ1v) is 7.88. The van der Waals surface area contributed by atoms with Crippen molar-refractivity contribution in [1.29, 1.82) is 0 Å². The molecule has 0 spiro atoms. The predicted octanol–water partition coefficient (Wildman–Crippen LogP) is 2.88. The zero-order valence-electron chi connectivity index (χ0n) is 11.4. The van der Waals surface area contributed by atoms with Gasteiger partial charge in [0.15, 0.2) is 5.13 Å². The van der Waals surface area contributed by atoms with E-state index in [2.05, 4.69) is 23.7 Å². The lowest BCUT2D eigenvalue weighted by Gasteiger charge is -2.27. The number of carboxylic acid groups (broad SMARTS) is 1. The number of aromatic nitrogens is 1.